The molecule has 0 aliphatic heterocycles. The van der Waals surface area contributed by atoms with E-state index >= 15 is 0 Å². The van der Waals surface area contributed by atoms with Gasteiger partial charge in [0.2, 0.25) is 5.91 Å². The Kier molecular flexibility index (Phi) is 7.04. The molecule has 0 saturated heterocycles. The van der Waals surface area contributed by atoms with Crippen LogP contribution in [-0.2, 0) is 11.0 Å². The molecule has 8 nitrogen and oxygen atoms in total. The fraction of sp³-hybridized carbons (Fsp3) is 0.167. The number of carbonyl (C=O) groups is 2. The van der Waals surface area contributed by atoms with Gasteiger partial charge in [-0.25, -0.2) is 14.5 Å². The molecular weight excluding hydrogens is 533 g/mol. The molecule has 3 aromatic heterocycles. The monoisotopic (exact) mass is 558 g/mol. The number of hydrogen-bond donors (Lipinski definition) is 2. The van der Waals surface area contributed by atoms with Crippen LogP contribution in [0.1, 0.15) is 36.7 Å². The van der Waals surface area contributed by atoms with Gasteiger partial charge in [-0.3, -0.25) is 9.59 Å². The topological polar surface area (TPSA) is 101 Å². The predicted molar refractivity (Wildman–Crippen MR) is 149 cm³/mol. The quantitative estimate of drug-likeness (QED) is 0.250. The highest BCUT2D eigenvalue weighted by atomic mass is 19.4. The van der Waals surface area contributed by atoms with Crippen molar-refractivity contribution in [3.63, 3.8) is 0 Å². The number of amides is 2. The summed E-state index contributed by atoms with van der Waals surface area (Å²) in [7, 11) is 0. The number of pyridine rings is 1. The van der Waals surface area contributed by atoms with E-state index in [0.717, 1.165) is 17.7 Å². The molecule has 5 rings (SSSR count). The average molecular weight is 559 g/mol. The Hall–Kier alpha value is -5.06. The molecule has 0 atom stereocenters. The van der Waals surface area contributed by atoms with Gasteiger partial charge in [-0.15, -0.1) is 0 Å². The van der Waals surface area contributed by atoms with Crippen LogP contribution in [0.2, 0.25) is 0 Å². The summed E-state index contributed by atoms with van der Waals surface area (Å²) in [5, 5.41) is 10.2. The molecule has 11 heteroatoms. The number of anilines is 2. The van der Waals surface area contributed by atoms with E-state index in [1.165, 1.54) is 12.1 Å². The van der Waals surface area contributed by atoms with Gasteiger partial charge >= 0.3 is 6.18 Å². The lowest BCUT2D eigenvalue weighted by Gasteiger charge is -2.17. The molecular formula is C30H25F3N6O2. The zero-order chi connectivity index (χ0) is 29.4. The third-order valence-corrected chi connectivity index (χ3v) is 6.20. The van der Waals surface area contributed by atoms with Crippen LogP contribution < -0.4 is 10.6 Å². The van der Waals surface area contributed by atoms with Gasteiger partial charge in [0.15, 0.2) is 5.65 Å². The van der Waals surface area contributed by atoms with Crippen molar-refractivity contribution in [2.75, 3.05) is 10.6 Å². The summed E-state index contributed by atoms with van der Waals surface area (Å²) in [4.78, 5) is 33.8. The van der Waals surface area contributed by atoms with E-state index in [2.05, 4.69) is 20.6 Å². The first-order chi connectivity index (χ1) is 19.4. The van der Waals surface area contributed by atoms with Crippen LogP contribution in [0.25, 0.3) is 28.2 Å². The number of fused-ring (bicyclic) bond motifs is 1. The number of hydrogen-bond acceptors (Lipinski definition) is 5. The SMILES string of the molecule is CC(C)(C)C(=O)Nc1cc(-c2cc3nccc(-c4cccc(NC(=O)c5cccc(C(F)(F)F)c5)c4)n3n2)ccn1. The van der Waals surface area contributed by atoms with Crippen LogP contribution in [0.15, 0.2) is 85.2 Å². The van der Waals surface area contributed by atoms with E-state index in [1.54, 1.807) is 59.4 Å². The maximum Gasteiger partial charge on any atom is 0.416 e. The predicted octanol–water partition coefficient (Wildman–Crippen LogP) is 6.71. The Morgan fingerprint density at radius 3 is 2.32 bits per heavy atom. The number of rotatable bonds is 5. The van der Waals surface area contributed by atoms with Crippen molar-refractivity contribution in [3.8, 4) is 22.5 Å². The second kappa shape index (κ2) is 10.5. The molecule has 5 aromatic rings. The Balaban J connectivity index is 1.42. The average Bonchev–Trinajstić information content (AvgIpc) is 3.37. The minimum absolute atomic E-state index is 0.108. The standard InChI is InChI=1S/C30H25F3N6O2/c1-29(2,3)28(41)37-25-16-18(10-12-34-25)23-17-26-35-13-11-24(39(26)38-23)19-6-5-9-22(15-19)36-27(40)20-7-4-8-21(14-20)30(31,32)33/h4-17H,1-3H3,(H,36,40)(H,34,37,41). The molecule has 0 aliphatic carbocycles. The minimum Gasteiger partial charge on any atom is -0.322 e. The Labute approximate surface area is 233 Å². The summed E-state index contributed by atoms with van der Waals surface area (Å²) >= 11 is 0. The zero-order valence-corrected chi connectivity index (χ0v) is 22.3. The highest BCUT2D eigenvalue weighted by Crippen LogP contribution is 2.30. The van der Waals surface area contributed by atoms with Crippen molar-refractivity contribution in [1.29, 1.82) is 0 Å². The smallest absolute Gasteiger partial charge is 0.322 e. The van der Waals surface area contributed by atoms with Gasteiger partial charge in [0.1, 0.15) is 5.82 Å². The number of carbonyl (C=O) groups excluding carboxylic acids is 2. The molecule has 41 heavy (non-hydrogen) atoms. The number of aromatic nitrogens is 4. The van der Waals surface area contributed by atoms with Crippen molar-refractivity contribution in [2.45, 2.75) is 26.9 Å². The largest absolute Gasteiger partial charge is 0.416 e. The van der Waals surface area contributed by atoms with Crippen LogP contribution in [0.5, 0.6) is 0 Å². The maximum atomic E-state index is 13.1. The highest BCUT2D eigenvalue weighted by molar-refractivity contribution is 6.04. The highest BCUT2D eigenvalue weighted by Gasteiger charge is 2.31. The second-order valence-corrected chi connectivity index (χ2v) is 10.4. The van der Waals surface area contributed by atoms with E-state index in [0.29, 0.717) is 34.1 Å². The number of benzene rings is 2. The summed E-state index contributed by atoms with van der Waals surface area (Å²) < 4.78 is 40.9. The van der Waals surface area contributed by atoms with Crippen LogP contribution >= 0.6 is 0 Å². The molecule has 0 spiro atoms. The van der Waals surface area contributed by atoms with Gasteiger partial charge < -0.3 is 10.6 Å². The Morgan fingerprint density at radius 1 is 0.805 bits per heavy atom. The Bertz CT molecular complexity index is 1770. The van der Waals surface area contributed by atoms with Gasteiger partial charge in [0, 0.05) is 46.3 Å². The molecule has 2 amide bonds. The van der Waals surface area contributed by atoms with Gasteiger partial charge in [-0.05, 0) is 48.5 Å². The number of halogens is 3. The molecule has 0 radical (unpaired) electrons. The molecule has 0 saturated carbocycles. The first kappa shape index (κ1) is 27.5. The lowest BCUT2D eigenvalue weighted by molar-refractivity contribution is -0.137. The number of alkyl halides is 3. The summed E-state index contributed by atoms with van der Waals surface area (Å²) in [6.45, 7) is 5.44. The summed E-state index contributed by atoms with van der Waals surface area (Å²) in [5.41, 5.74) is 2.07. The summed E-state index contributed by atoms with van der Waals surface area (Å²) in [6.07, 6.45) is -1.34. The van der Waals surface area contributed by atoms with E-state index in [-0.39, 0.29) is 11.5 Å². The van der Waals surface area contributed by atoms with Gasteiger partial charge in [0.25, 0.3) is 5.91 Å². The van der Waals surface area contributed by atoms with Gasteiger partial charge in [0.05, 0.1) is 17.0 Å². The molecule has 0 unspecified atom stereocenters. The summed E-state index contributed by atoms with van der Waals surface area (Å²) in [6, 6.07) is 18.2. The molecule has 0 aliphatic rings. The van der Waals surface area contributed by atoms with E-state index < -0.39 is 23.1 Å². The van der Waals surface area contributed by atoms with Gasteiger partial charge in [-0.2, -0.15) is 18.3 Å². The van der Waals surface area contributed by atoms with Crippen LogP contribution in [0.3, 0.4) is 0 Å². The van der Waals surface area contributed by atoms with E-state index in [9.17, 15) is 22.8 Å². The van der Waals surface area contributed by atoms with Crippen LogP contribution in [0.4, 0.5) is 24.7 Å². The van der Waals surface area contributed by atoms with Crippen LogP contribution in [0, 0.1) is 5.41 Å². The third-order valence-electron chi connectivity index (χ3n) is 6.20. The molecule has 208 valence electrons. The zero-order valence-electron chi connectivity index (χ0n) is 22.3. The van der Waals surface area contributed by atoms with Crippen molar-refractivity contribution >= 4 is 29.0 Å². The van der Waals surface area contributed by atoms with Crippen molar-refractivity contribution in [1.82, 2.24) is 19.6 Å². The van der Waals surface area contributed by atoms with Crippen molar-refractivity contribution < 1.29 is 22.8 Å². The normalized spacial score (nSPS) is 11.9. The molecule has 0 fully saturated rings. The first-order valence-electron chi connectivity index (χ1n) is 12.6. The number of nitrogens with zero attached hydrogens (tertiary/aromatic N) is 4. The lowest BCUT2D eigenvalue weighted by Crippen LogP contribution is -2.27. The lowest BCUT2D eigenvalue weighted by atomic mass is 9.96. The van der Waals surface area contributed by atoms with Crippen molar-refractivity contribution in [2.24, 2.45) is 5.41 Å². The molecule has 2 aromatic carbocycles. The minimum atomic E-state index is -4.55. The van der Waals surface area contributed by atoms with E-state index in [1.807, 2.05) is 26.8 Å². The maximum absolute atomic E-state index is 13.1. The molecule has 0 bridgehead atoms. The fourth-order valence-electron chi connectivity index (χ4n) is 4.01. The molecule has 3 heterocycles. The summed E-state index contributed by atoms with van der Waals surface area (Å²) in [5.74, 6) is -0.431. The van der Waals surface area contributed by atoms with Gasteiger partial charge in [-0.1, -0.05) is 39.0 Å². The van der Waals surface area contributed by atoms with Crippen LogP contribution in [-0.4, -0.2) is 31.4 Å². The molecule has 2 N–H and O–H groups in total. The van der Waals surface area contributed by atoms with E-state index in [4.69, 9.17) is 5.10 Å². The second-order valence-electron chi connectivity index (χ2n) is 10.4. The number of nitrogens with one attached hydrogen (secondary N) is 2. The first-order valence-corrected chi connectivity index (χ1v) is 12.6. The third kappa shape index (κ3) is 6.08. The Morgan fingerprint density at radius 2 is 1.56 bits per heavy atom. The fourth-order valence-corrected chi connectivity index (χ4v) is 4.01. The van der Waals surface area contributed by atoms with Crippen molar-refractivity contribution in [3.05, 3.63) is 96.3 Å².